The van der Waals surface area contributed by atoms with Gasteiger partial charge in [0.2, 0.25) is 0 Å². The van der Waals surface area contributed by atoms with E-state index in [-0.39, 0.29) is 24.8 Å². The van der Waals surface area contributed by atoms with Crippen molar-refractivity contribution in [2.45, 2.75) is 32.3 Å². The SMILES string of the molecule is CC(C)(C)OC(=O)NCC(CN)c1cc(F)ccc1Br. The first kappa shape index (κ1) is 16.9. The van der Waals surface area contributed by atoms with Crippen LogP contribution in [0.15, 0.2) is 22.7 Å². The first-order chi connectivity index (χ1) is 9.23. The molecular weight excluding hydrogens is 327 g/mol. The van der Waals surface area contributed by atoms with Crippen LogP contribution in [0.3, 0.4) is 0 Å². The average molecular weight is 347 g/mol. The fourth-order valence-electron chi connectivity index (χ4n) is 1.67. The molecule has 0 saturated carbocycles. The molecule has 1 atom stereocenters. The minimum absolute atomic E-state index is 0.187. The van der Waals surface area contributed by atoms with Gasteiger partial charge >= 0.3 is 6.09 Å². The predicted molar refractivity (Wildman–Crippen MR) is 80.1 cm³/mol. The van der Waals surface area contributed by atoms with Crippen molar-refractivity contribution >= 4 is 22.0 Å². The van der Waals surface area contributed by atoms with Gasteiger partial charge in [0.25, 0.3) is 0 Å². The van der Waals surface area contributed by atoms with E-state index in [1.807, 2.05) is 0 Å². The van der Waals surface area contributed by atoms with Gasteiger partial charge in [-0.1, -0.05) is 15.9 Å². The third kappa shape index (κ3) is 5.46. The molecule has 0 radical (unpaired) electrons. The van der Waals surface area contributed by atoms with Crippen molar-refractivity contribution in [1.29, 1.82) is 0 Å². The number of amides is 1. The van der Waals surface area contributed by atoms with Gasteiger partial charge in [-0.3, -0.25) is 0 Å². The highest BCUT2D eigenvalue weighted by atomic mass is 79.9. The van der Waals surface area contributed by atoms with Gasteiger partial charge in [0.15, 0.2) is 0 Å². The summed E-state index contributed by atoms with van der Waals surface area (Å²) in [4.78, 5) is 11.6. The summed E-state index contributed by atoms with van der Waals surface area (Å²) in [5.74, 6) is -0.522. The van der Waals surface area contributed by atoms with Crippen molar-refractivity contribution in [3.63, 3.8) is 0 Å². The number of alkyl carbamates (subject to hydrolysis) is 1. The predicted octanol–water partition coefficient (Wildman–Crippen LogP) is 3.16. The normalized spacial score (nSPS) is 12.9. The Morgan fingerprint density at radius 1 is 1.50 bits per heavy atom. The molecule has 0 aromatic heterocycles. The van der Waals surface area contributed by atoms with Gasteiger partial charge in [0.1, 0.15) is 11.4 Å². The second-order valence-electron chi connectivity index (χ2n) is 5.48. The lowest BCUT2D eigenvalue weighted by molar-refractivity contribution is 0.0525. The highest BCUT2D eigenvalue weighted by Crippen LogP contribution is 2.25. The Kier molecular flexibility index (Phi) is 5.95. The molecule has 0 spiro atoms. The van der Waals surface area contributed by atoms with Gasteiger partial charge in [-0.05, 0) is 44.5 Å². The molecule has 0 aliphatic rings. The molecular formula is C14H20BrFN2O2. The minimum atomic E-state index is -0.554. The van der Waals surface area contributed by atoms with Crippen LogP contribution in [0, 0.1) is 5.82 Å². The zero-order valence-corrected chi connectivity index (χ0v) is 13.5. The fraction of sp³-hybridized carbons (Fsp3) is 0.500. The molecule has 0 bridgehead atoms. The van der Waals surface area contributed by atoms with E-state index in [0.717, 1.165) is 10.0 Å². The molecule has 0 heterocycles. The maximum absolute atomic E-state index is 13.3. The third-order valence-electron chi connectivity index (χ3n) is 2.57. The van der Waals surface area contributed by atoms with E-state index in [2.05, 4.69) is 21.2 Å². The van der Waals surface area contributed by atoms with Crippen LogP contribution in [0.4, 0.5) is 9.18 Å². The topological polar surface area (TPSA) is 64.3 Å². The summed E-state index contributed by atoms with van der Waals surface area (Å²) < 4.78 is 19.2. The first-order valence-electron chi connectivity index (χ1n) is 6.35. The van der Waals surface area contributed by atoms with E-state index in [1.54, 1.807) is 26.8 Å². The van der Waals surface area contributed by atoms with E-state index in [0.29, 0.717) is 0 Å². The van der Waals surface area contributed by atoms with Crippen LogP contribution < -0.4 is 11.1 Å². The monoisotopic (exact) mass is 346 g/mol. The average Bonchev–Trinajstić information content (AvgIpc) is 2.32. The van der Waals surface area contributed by atoms with Crippen molar-refractivity contribution in [2.75, 3.05) is 13.1 Å². The summed E-state index contributed by atoms with van der Waals surface area (Å²) in [6.45, 7) is 5.94. The lowest BCUT2D eigenvalue weighted by atomic mass is 9.99. The first-order valence-corrected chi connectivity index (χ1v) is 7.14. The summed E-state index contributed by atoms with van der Waals surface area (Å²) in [5.41, 5.74) is 5.87. The molecule has 1 aromatic carbocycles. The molecule has 3 N–H and O–H groups in total. The van der Waals surface area contributed by atoms with Crippen LogP contribution in [0.1, 0.15) is 32.3 Å². The number of nitrogens with two attached hydrogens (primary N) is 1. The summed E-state index contributed by atoms with van der Waals surface area (Å²) in [6, 6.07) is 4.40. The van der Waals surface area contributed by atoms with Crippen molar-refractivity contribution in [2.24, 2.45) is 5.73 Å². The Bertz CT molecular complexity index is 475. The maximum Gasteiger partial charge on any atom is 0.407 e. The number of rotatable bonds is 4. The van der Waals surface area contributed by atoms with E-state index in [1.165, 1.54) is 12.1 Å². The molecule has 4 nitrogen and oxygen atoms in total. The van der Waals surface area contributed by atoms with E-state index in [4.69, 9.17) is 10.5 Å². The number of nitrogens with one attached hydrogen (secondary N) is 1. The number of carbonyl (C=O) groups is 1. The van der Waals surface area contributed by atoms with Crippen molar-refractivity contribution < 1.29 is 13.9 Å². The number of hydrogen-bond donors (Lipinski definition) is 2. The van der Waals surface area contributed by atoms with Gasteiger partial charge in [0.05, 0.1) is 0 Å². The van der Waals surface area contributed by atoms with Gasteiger partial charge in [-0.2, -0.15) is 0 Å². The fourth-order valence-corrected chi connectivity index (χ4v) is 2.24. The summed E-state index contributed by atoms with van der Waals surface area (Å²) >= 11 is 3.36. The van der Waals surface area contributed by atoms with Gasteiger partial charge in [-0.15, -0.1) is 0 Å². The van der Waals surface area contributed by atoms with Crippen LogP contribution >= 0.6 is 15.9 Å². The Hall–Kier alpha value is -1.14. The molecule has 0 saturated heterocycles. The molecule has 1 rings (SSSR count). The smallest absolute Gasteiger partial charge is 0.407 e. The van der Waals surface area contributed by atoms with E-state index < -0.39 is 11.7 Å². The van der Waals surface area contributed by atoms with Crippen LogP contribution in [0.2, 0.25) is 0 Å². The molecule has 0 fully saturated rings. The Morgan fingerprint density at radius 3 is 2.70 bits per heavy atom. The number of halogens is 2. The standard InChI is InChI=1S/C14H20BrFN2O2/c1-14(2,3)20-13(19)18-8-9(7-17)11-6-10(16)4-5-12(11)15/h4-6,9H,7-8,17H2,1-3H3,(H,18,19). The van der Waals surface area contributed by atoms with Crippen LogP contribution in [-0.4, -0.2) is 24.8 Å². The molecule has 6 heteroatoms. The van der Waals surface area contributed by atoms with Gasteiger partial charge < -0.3 is 15.8 Å². The minimum Gasteiger partial charge on any atom is -0.444 e. The number of ether oxygens (including phenoxy) is 1. The van der Waals surface area contributed by atoms with Crippen molar-refractivity contribution in [3.8, 4) is 0 Å². The number of benzene rings is 1. The molecule has 112 valence electrons. The Balaban J connectivity index is 2.68. The van der Waals surface area contributed by atoms with Gasteiger partial charge in [-0.25, -0.2) is 9.18 Å². The highest BCUT2D eigenvalue weighted by Gasteiger charge is 2.19. The summed E-state index contributed by atoms with van der Waals surface area (Å²) in [5, 5.41) is 2.65. The lowest BCUT2D eigenvalue weighted by Crippen LogP contribution is -2.36. The number of hydrogen-bond acceptors (Lipinski definition) is 3. The van der Waals surface area contributed by atoms with Gasteiger partial charge in [0, 0.05) is 23.5 Å². The molecule has 1 amide bonds. The van der Waals surface area contributed by atoms with Crippen LogP contribution in [-0.2, 0) is 4.74 Å². The zero-order valence-electron chi connectivity index (χ0n) is 11.9. The van der Waals surface area contributed by atoms with E-state index in [9.17, 15) is 9.18 Å². The van der Waals surface area contributed by atoms with E-state index >= 15 is 0 Å². The highest BCUT2D eigenvalue weighted by molar-refractivity contribution is 9.10. The molecule has 20 heavy (non-hydrogen) atoms. The molecule has 1 aromatic rings. The lowest BCUT2D eigenvalue weighted by Gasteiger charge is -2.22. The van der Waals surface area contributed by atoms with Crippen LogP contribution in [0.25, 0.3) is 0 Å². The third-order valence-corrected chi connectivity index (χ3v) is 3.30. The number of carbonyl (C=O) groups excluding carboxylic acids is 1. The molecule has 0 aliphatic heterocycles. The Labute approximate surface area is 127 Å². The van der Waals surface area contributed by atoms with Crippen molar-refractivity contribution in [3.05, 3.63) is 34.1 Å². The molecule has 1 unspecified atom stereocenters. The summed E-state index contributed by atoms with van der Waals surface area (Å²) in [6.07, 6.45) is -0.511. The maximum atomic E-state index is 13.3. The second kappa shape index (κ2) is 7.04. The Morgan fingerprint density at radius 2 is 2.15 bits per heavy atom. The quantitative estimate of drug-likeness (QED) is 0.879. The second-order valence-corrected chi connectivity index (χ2v) is 6.34. The summed E-state index contributed by atoms with van der Waals surface area (Å²) in [7, 11) is 0. The van der Waals surface area contributed by atoms with Crippen molar-refractivity contribution in [1.82, 2.24) is 5.32 Å². The zero-order chi connectivity index (χ0) is 15.3. The largest absolute Gasteiger partial charge is 0.444 e. The van der Waals surface area contributed by atoms with Crippen LogP contribution in [0.5, 0.6) is 0 Å². The molecule has 0 aliphatic carbocycles.